The van der Waals surface area contributed by atoms with E-state index in [1.807, 2.05) is 4.57 Å². The van der Waals surface area contributed by atoms with Gasteiger partial charge in [0, 0.05) is 12.6 Å². The molecule has 1 fully saturated rings. The second-order valence-electron chi connectivity index (χ2n) is 7.51. The Morgan fingerprint density at radius 2 is 1.97 bits per heavy atom. The molecule has 1 saturated carbocycles. The van der Waals surface area contributed by atoms with Crippen LogP contribution in [-0.4, -0.2) is 31.5 Å². The van der Waals surface area contributed by atoms with Crippen LogP contribution in [0.2, 0.25) is 5.02 Å². The molecule has 1 aliphatic carbocycles. The smallest absolute Gasteiger partial charge is 0.349 e. The fourth-order valence-corrected chi connectivity index (χ4v) is 4.06. The molecule has 1 amide bonds. The second kappa shape index (κ2) is 8.22. The Bertz CT molecular complexity index is 1060. The van der Waals surface area contributed by atoms with Crippen LogP contribution in [0.4, 0.5) is 13.2 Å². The Morgan fingerprint density at radius 1 is 1.20 bits per heavy atom. The molecule has 158 valence electrons. The predicted molar refractivity (Wildman–Crippen MR) is 105 cm³/mol. The lowest BCUT2D eigenvalue weighted by atomic mass is 9.86. The molecule has 2 aromatic heterocycles. The molecule has 1 aliphatic rings. The molecule has 30 heavy (non-hydrogen) atoms. The van der Waals surface area contributed by atoms with Gasteiger partial charge in [0.15, 0.2) is 5.65 Å². The highest BCUT2D eigenvalue weighted by Crippen LogP contribution is 2.32. The fraction of sp³-hybridized carbons (Fsp3) is 0.400. The number of rotatable bonds is 4. The molecule has 4 rings (SSSR count). The molecule has 0 unspecified atom stereocenters. The Hall–Kier alpha value is -2.68. The third kappa shape index (κ3) is 4.40. The lowest BCUT2D eigenvalue weighted by molar-refractivity contribution is -0.137. The van der Waals surface area contributed by atoms with Gasteiger partial charge in [-0.25, -0.2) is 15.0 Å². The summed E-state index contributed by atoms with van der Waals surface area (Å²) in [5, 5.41) is 2.84. The van der Waals surface area contributed by atoms with E-state index in [1.54, 1.807) is 12.5 Å². The minimum atomic E-state index is -4.53. The minimum Gasteiger partial charge on any atom is -0.349 e. The average molecular weight is 438 g/mol. The average Bonchev–Trinajstić information content (AvgIpc) is 3.12. The number of benzene rings is 1. The topological polar surface area (TPSA) is 72.7 Å². The van der Waals surface area contributed by atoms with Crippen LogP contribution in [0.5, 0.6) is 0 Å². The van der Waals surface area contributed by atoms with E-state index in [0.29, 0.717) is 5.92 Å². The van der Waals surface area contributed by atoms with Gasteiger partial charge in [-0.05, 0) is 49.8 Å². The SMILES string of the molecule is O=C(NC1CCC(Cn2cnc3cncnc32)CC1)c1cc(C(F)(F)F)ccc1Cl. The van der Waals surface area contributed by atoms with Crippen molar-refractivity contribution in [2.45, 2.75) is 44.4 Å². The van der Waals surface area contributed by atoms with Crippen molar-refractivity contribution < 1.29 is 18.0 Å². The van der Waals surface area contributed by atoms with Crippen molar-refractivity contribution in [3.05, 3.63) is 53.2 Å². The molecular weight excluding hydrogens is 419 g/mol. The number of imidazole rings is 1. The van der Waals surface area contributed by atoms with Gasteiger partial charge in [0.1, 0.15) is 11.8 Å². The van der Waals surface area contributed by atoms with Gasteiger partial charge < -0.3 is 9.88 Å². The summed E-state index contributed by atoms with van der Waals surface area (Å²) in [6.07, 6.45) is 3.64. The Morgan fingerprint density at radius 3 is 2.70 bits per heavy atom. The van der Waals surface area contributed by atoms with Crippen molar-refractivity contribution in [2.24, 2.45) is 5.92 Å². The largest absolute Gasteiger partial charge is 0.416 e. The van der Waals surface area contributed by atoms with Crippen LogP contribution in [-0.2, 0) is 12.7 Å². The number of amides is 1. The summed E-state index contributed by atoms with van der Waals surface area (Å²) in [5.41, 5.74) is 0.492. The number of hydrogen-bond acceptors (Lipinski definition) is 4. The summed E-state index contributed by atoms with van der Waals surface area (Å²) < 4.78 is 40.8. The molecular formula is C20H19ClF3N5O. The van der Waals surface area contributed by atoms with Gasteiger partial charge in [0.05, 0.1) is 28.7 Å². The van der Waals surface area contributed by atoms with E-state index >= 15 is 0 Å². The molecule has 0 atom stereocenters. The maximum absolute atomic E-state index is 12.9. The lowest BCUT2D eigenvalue weighted by Gasteiger charge is -2.29. The van der Waals surface area contributed by atoms with Crippen LogP contribution in [0.15, 0.2) is 37.1 Å². The number of halogens is 4. The number of fused-ring (bicyclic) bond motifs is 1. The highest BCUT2D eigenvalue weighted by molar-refractivity contribution is 6.33. The molecule has 0 spiro atoms. The van der Waals surface area contributed by atoms with Gasteiger partial charge >= 0.3 is 6.18 Å². The van der Waals surface area contributed by atoms with E-state index in [1.165, 1.54) is 6.33 Å². The lowest BCUT2D eigenvalue weighted by Crippen LogP contribution is -2.38. The first-order valence-corrected chi connectivity index (χ1v) is 9.97. The van der Waals surface area contributed by atoms with Crippen LogP contribution in [0.1, 0.15) is 41.6 Å². The van der Waals surface area contributed by atoms with Crippen molar-refractivity contribution in [1.29, 1.82) is 0 Å². The van der Waals surface area contributed by atoms with Crippen molar-refractivity contribution >= 4 is 28.7 Å². The quantitative estimate of drug-likeness (QED) is 0.652. The van der Waals surface area contributed by atoms with Gasteiger partial charge in [-0.15, -0.1) is 0 Å². The van der Waals surface area contributed by atoms with Crippen LogP contribution < -0.4 is 5.32 Å². The molecule has 1 aromatic carbocycles. The molecule has 10 heteroatoms. The number of nitrogens with one attached hydrogen (secondary N) is 1. The molecule has 2 heterocycles. The van der Waals surface area contributed by atoms with Crippen molar-refractivity contribution in [2.75, 3.05) is 0 Å². The number of carbonyl (C=O) groups is 1. The zero-order valence-electron chi connectivity index (χ0n) is 15.9. The summed E-state index contributed by atoms with van der Waals surface area (Å²) in [6.45, 7) is 0.771. The molecule has 0 aliphatic heterocycles. The highest BCUT2D eigenvalue weighted by atomic mass is 35.5. The number of nitrogens with zero attached hydrogens (tertiary/aromatic N) is 4. The van der Waals surface area contributed by atoms with E-state index in [-0.39, 0.29) is 16.6 Å². The third-order valence-corrected chi connectivity index (χ3v) is 5.79. The number of alkyl halides is 3. The second-order valence-corrected chi connectivity index (χ2v) is 7.92. The van der Waals surface area contributed by atoms with Crippen LogP contribution in [0.3, 0.4) is 0 Å². The van der Waals surface area contributed by atoms with Gasteiger partial charge in [-0.3, -0.25) is 4.79 Å². The minimum absolute atomic E-state index is 0.00293. The Balaban J connectivity index is 1.35. The van der Waals surface area contributed by atoms with Gasteiger partial charge in [-0.1, -0.05) is 11.6 Å². The fourth-order valence-electron chi connectivity index (χ4n) is 3.85. The zero-order valence-corrected chi connectivity index (χ0v) is 16.6. The monoisotopic (exact) mass is 437 g/mol. The van der Waals surface area contributed by atoms with Gasteiger partial charge in [0.25, 0.3) is 5.91 Å². The van der Waals surface area contributed by atoms with Crippen LogP contribution >= 0.6 is 11.6 Å². The highest BCUT2D eigenvalue weighted by Gasteiger charge is 2.32. The normalized spacial score (nSPS) is 19.7. The first-order valence-electron chi connectivity index (χ1n) is 9.59. The Kier molecular flexibility index (Phi) is 5.64. The van der Waals surface area contributed by atoms with E-state index < -0.39 is 17.6 Å². The molecule has 1 N–H and O–H groups in total. The third-order valence-electron chi connectivity index (χ3n) is 5.46. The maximum Gasteiger partial charge on any atom is 0.416 e. The Labute approximate surface area is 175 Å². The molecule has 0 bridgehead atoms. The zero-order chi connectivity index (χ0) is 21.3. The predicted octanol–water partition coefficient (Wildman–Crippen LogP) is 4.49. The molecule has 6 nitrogen and oxygen atoms in total. The summed E-state index contributed by atoms with van der Waals surface area (Å²) in [5.74, 6) is -0.172. The van der Waals surface area contributed by atoms with E-state index in [9.17, 15) is 18.0 Å². The van der Waals surface area contributed by atoms with E-state index in [4.69, 9.17) is 11.6 Å². The number of hydrogen-bond donors (Lipinski definition) is 1. The standard InChI is InChI=1S/C20H19ClF3N5O/c21-16-6-3-13(20(22,23)24)7-15(16)19(30)28-14-4-1-12(2-5-14)9-29-11-27-17-8-25-10-26-18(17)29/h3,6-8,10-12,14H,1-2,4-5,9H2,(H,28,30). The summed E-state index contributed by atoms with van der Waals surface area (Å²) in [4.78, 5) is 25.0. The number of carbonyl (C=O) groups excluding carboxylic acids is 1. The van der Waals surface area contributed by atoms with E-state index in [2.05, 4.69) is 20.3 Å². The summed E-state index contributed by atoms with van der Waals surface area (Å²) in [6, 6.07) is 2.68. The number of aromatic nitrogens is 4. The first kappa shape index (κ1) is 20.6. The van der Waals surface area contributed by atoms with Gasteiger partial charge in [0.2, 0.25) is 0 Å². The van der Waals surface area contributed by atoms with Crippen molar-refractivity contribution in [3.8, 4) is 0 Å². The van der Waals surface area contributed by atoms with Crippen molar-refractivity contribution in [1.82, 2.24) is 24.8 Å². The molecule has 0 saturated heterocycles. The van der Waals surface area contributed by atoms with Crippen LogP contribution in [0.25, 0.3) is 11.2 Å². The van der Waals surface area contributed by atoms with Crippen LogP contribution in [0, 0.1) is 5.92 Å². The van der Waals surface area contributed by atoms with E-state index in [0.717, 1.165) is 61.6 Å². The summed E-state index contributed by atoms with van der Waals surface area (Å²) in [7, 11) is 0. The first-order chi connectivity index (χ1) is 14.3. The maximum atomic E-state index is 12.9. The van der Waals surface area contributed by atoms with Gasteiger partial charge in [-0.2, -0.15) is 13.2 Å². The molecule has 0 radical (unpaired) electrons. The molecule has 3 aromatic rings. The van der Waals surface area contributed by atoms with Crippen molar-refractivity contribution in [3.63, 3.8) is 0 Å². The summed E-state index contributed by atoms with van der Waals surface area (Å²) >= 11 is 5.96.